The zero-order valence-corrected chi connectivity index (χ0v) is 14.9. The van der Waals surface area contributed by atoms with Gasteiger partial charge in [-0.3, -0.25) is 4.79 Å². The molecule has 124 valence electrons. The van der Waals surface area contributed by atoms with E-state index in [1.54, 1.807) is 23.4 Å². The molecule has 0 unspecified atom stereocenters. The fraction of sp³-hybridized carbons (Fsp3) is 0.278. The number of hydrogen-bond donors (Lipinski definition) is 0. The van der Waals surface area contributed by atoms with Gasteiger partial charge in [-0.1, -0.05) is 11.6 Å². The van der Waals surface area contributed by atoms with Crippen LogP contribution in [0.1, 0.15) is 23.6 Å². The third-order valence-corrected chi connectivity index (χ3v) is 4.53. The Kier molecular flexibility index (Phi) is 4.28. The lowest BCUT2D eigenvalue weighted by Crippen LogP contribution is -2.22. The lowest BCUT2D eigenvalue weighted by Gasteiger charge is -2.12. The van der Waals surface area contributed by atoms with Gasteiger partial charge in [0.05, 0.1) is 11.2 Å². The van der Waals surface area contributed by atoms with Gasteiger partial charge in [-0.25, -0.2) is 9.50 Å². The predicted molar refractivity (Wildman–Crippen MR) is 95.1 cm³/mol. The molecule has 0 fully saturated rings. The van der Waals surface area contributed by atoms with Gasteiger partial charge in [-0.05, 0) is 48.7 Å². The SMILES string of the molecule is CC(=O)N(C)Cc1cc2c(-c3cc(Cl)cc(C)c3C)ncnn2c1. The highest BCUT2D eigenvalue weighted by Gasteiger charge is 2.14. The Balaban J connectivity index is 2.13. The summed E-state index contributed by atoms with van der Waals surface area (Å²) in [6.07, 6.45) is 3.46. The lowest BCUT2D eigenvalue weighted by atomic mass is 10.0. The van der Waals surface area contributed by atoms with Crippen LogP contribution in [-0.4, -0.2) is 32.5 Å². The Hall–Kier alpha value is -2.40. The van der Waals surface area contributed by atoms with Gasteiger partial charge < -0.3 is 4.90 Å². The van der Waals surface area contributed by atoms with E-state index >= 15 is 0 Å². The van der Waals surface area contributed by atoms with E-state index in [2.05, 4.69) is 17.0 Å². The molecule has 1 aromatic carbocycles. The van der Waals surface area contributed by atoms with Crippen LogP contribution in [0.4, 0.5) is 0 Å². The summed E-state index contributed by atoms with van der Waals surface area (Å²) in [7, 11) is 1.78. The second-order valence-corrected chi connectivity index (χ2v) is 6.49. The molecule has 2 aromatic heterocycles. The molecule has 0 saturated heterocycles. The highest BCUT2D eigenvalue weighted by atomic mass is 35.5. The molecule has 0 atom stereocenters. The first-order valence-corrected chi connectivity index (χ1v) is 8.05. The Morgan fingerprint density at radius 1 is 1.29 bits per heavy atom. The van der Waals surface area contributed by atoms with E-state index in [9.17, 15) is 4.79 Å². The average molecular weight is 343 g/mol. The molecule has 0 N–H and O–H groups in total. The summed E-state index contributed by atoms with van der Waals surface area (Å²) in [4.78, 5) is 17.6. The minimum atomic E-state index is 0.0258. The molecule has 0 aliphatic rings. The van der Waals surface area contributed by atoms with Gasteiger partial charge in [-0.2, -0.15) is 5.10 Å². The van der Waals surface area contributed by atoms with Crippen molar-refractivity contribution in [3.05, 3.63) is 52.4 Å². The van der Waals surface area contributed by atoms with Crippen LogP contribution in [0.3, 0.4) is 0 Å². The van der Waals surface area contributed by atoms with Crippen LogP contribution in [0.15, 0.2) is 30.7 Å². The number of halogens is 1. The standard InChI is InChI=1S/C18H19ClN4O/c1-11-5-15(19)7-16(12(11)2)18-17-6-14(8-22(4)13(3)24)9-23(17)21-10-20-18/h5-7,9-10H,8H2,1-4H3. The van der Waals surface area contributed by atoms with E-state index in [1.165, 1.54) is 6.33 Å². The van der Waals surface area contributed by atoms with Gasteiger partial charge in [-0.15, -0.1) is 0 Å². The van der Waals surface area contributed by atoms with Crippen LogP contribution in [-0.2, 0) is 11.3 Å². The fourth-order valence-electron chi connectivity index (χ4n) is 2.72. The van der Waals surface area contributed by atoms with Crippen molar-refractivity contribution >= 4 is 23.0 Å². The number of aromatic nitrogens is 3. The first-order valence-electron chi connectivity index (χ1n) is 7.68. The summed E-state index contributed by atoms with van der Waals surface area (Å²) in [5.74, 6) is 0.0258. The van der Waals surface area contributed by atoms with Gasteiger partial charge >= 0.3 is 0 Å². The molecule has 5 nitrogen and oxygen atoms in total. The Bertz CT molecular complexity index is 932. The van der Waals surface area contributed by atoms with Crippen molar-refractivity contribution in [2.45, 2.75) is 27.3 Å². The summed E-state index contributed by atoms with van der Waals surface area (Å²) in [5, 5.41) is 4.97. The van der Waals surface area contributed by atoms with Gasteiger partial charge in [0.25, 0.3) is 0 Å². The zero-order chi connectivity index (χ0) is 17.4. The van der Waals surface area contributed by atoms with Gasteiger partial charge in [0.15, 0.2) is 0 Å². The molecule has 0 bridgehead atoms. The van der Waals surface area contributed by atoms with Crippen molar-refractivity contribution in [3.8, 4) is 11.3 Å². The summed E-state index contributed by atoms with van der Waals surface area (Å²) in [5.41, 5.74) is 6.00. The van der Waals surface area contributed by atoms with Gasteiger partial charge in [0, 0.05) is 37.3 Å². The van der Waals surface area contributed by atoms with Crippen molar-refractivity contribution in [1.29, 1.82) is 0 Å². The topological polar surface area (TPSA) is 50.5 Å². The van der Waals surface area contributed by atoms with Crippen LogP contribution in [0.5, 0.6) is 0 Å². The second kappa shape index (κ2) is 6.24. The maximum absolute atomic E-state index is 11.4. The highest BCUT2D eigenvalue weighted by Crippen LogP contribution is 2.31. The van der Waals surface area contributed by atoms with Crippen molar-refractivity contribution in [2.75, 3.05) is 7.05 Å². The summed E-state index contributed by atoms with van der Waals surface area (Å²) < 4.78 is 1.79. The molecule has 0 spiro atoms. The number of fused-ring (bicyclic) bond motifs is 1. The van der Waals surface area contributed by atoms with Crippen molar-refractivity contribution < 1.29 is 4.79 Å². The van der Waals surface area contributed by atoms with E-state index in [1.807, 2.05) is 31.3 Å². The predicted octanol–water partition coefficient (Wildman–Crippen LogP) is 3.64. The van der Waals surface area contributed by atoms with Crippen LogP contribution in [0.25, 0.3) is 16.8 Å². The molecule has 24 heavy (non-hydrogen) atoms. The molecule has 0 saturated carbocycles. The van der Waals surface area contributed by atoms with Crippen LogP contribution >= 0.6 is 11.6 Å². The molecule has 3 rings (SSSR count). The Labute approximate surface area is 145 Å². The molecule has 6 heteroatoms. The molecule has 2 heterocycles. The molecule has 1 amide bonds. The largest absolute Gasteiger partial charge is 0.342 e. The maximum Gasteiger partial charge on any atom is 0.219 e. The van der Waals surface area contributed by atoms with Crippen molar-refractivity contribution in [3.63, 3.8) is 0 Å². The quantitative estimate of drug-likeness (QED) is 0.730. The number of carbonyl (C=O) groups excluding carboxylic acids is 1. The second-order valence-electron chi connectivity index (χ2n) is 6.06. The van der Waals surface area contributed by atoms with E-state index < -0.39 is 0 Å². The molecule has 0 radical (unpaired) electrons. The number of hydrogen-bond acceptors (Lipinski definition) is 3. The number of carbonyl (C=O) groups is 1. The number of amides is 1. The number of aryl methyl sites for hydroxylation is 1. The monoisotopic (exact) mass is 342 g/mol. The van der Waals surface area contributed by atoms with E-state index in [0.29, 0.717) is 11.6 Å². The van der Waals surface area contributed by atoms with Crippen molar-refractivity contribution in [1.82, 2.24) is 19.5 Å². The smallest absolute Gasteiger partial charge is 0.219 e. The van der Waals surface area contributed by atoms with Crippen LogP contribution in [0, 0.1) is 13.8 Å². The first kappa shape index (κ1) is 16.5. The molecular weight excluding hydrogens is 324 g/mol. The number of benzene rings is 1. The molecular formula is C18H19ClN4O. The van der Waals surface area contributed by atoms with E-state index in [-0.39, 0.29) is 5.91 Å². The normalized spacial score (nSPS) is 11.0. The van der Waals surface area contributed by atoms with E-state index in [0.717, 1.165) is 33.5 Å². The Morgan fingerprint density at radius 2 is 2.04 bits per heavy atom. The lowest BCUT2D eigenvalue weighted by molar-refractivity contribution is -0.128. The maximum atomic E-state index is 11.4. The minimum absolute atomic E-state index is 0.0258. The highest BCUT2D eigenvalue weighted by molar-refractivity contribution is 6.31. The molecule has 0 aliphatic carbocycles. The first-order chi connectivity index (χ1) is 11.4. The zero-order valence-electron chi connectivity index (χ0n) is 14.2. The molecule has 3 aromatic rings. The van der Waals surface area contributed by atoms with Gasteiger partial charge in [0.1, 0.15) is 6.33 Å². The minimum Gasteiger partial charge on any atom is -0.342 e. The van der Waals surface area contributed by atoms with Crippen LogP contribution in [0.2, 0.25) is 5.02 Å². The third kappa shape index (κ3) is 2.99. The van der Waals surface area contributed by atoms with Crippen molar-refractivity contribution in [2.24, 2.45) is 0 Å². The molecule has 0 aliphatic heterocycles. The summed E-state index contributed by atoms with van der Waals surface area (Å²) in [6.45, 7) is 6.19. The summed E-state index contributed by atoms with van der Waals surface area (Å²) >= 11 is 6.24. The summed E-state index contributed by atoms with van der Waals surface area (Å²) in [6, 6.07) is 5.90. The number of rotatable bonds is 3. The Morgan fingerprint density at radius 3 is 2.75 bits per heavy atom. The van der Waals surface area contributed by atoms with E-state index in [4.69, 9.17) is 11.6 Å². The van der Waals surface area contributed by atoms with Crippen LogP contribution < -0.4 is 0 Å². The average Bonchev–Trinajstić information content (AvgIpc) is 2.93. The van der Waals surface area contributed by atoms with Gasteiger partial charge in [0.2, 0.25) is 5.91 Å². The fourth-order valence-corrected chi connectivity index (χ4v) is 3.00. The number of nitrogens with zero attached hydrogens (tertiary/aromatic N) is 4. The third-order valence-electron chi connectivity index (χ3n) is 4.31.